The molecule has 4 rings (SSSR count). The molecule has 0 aliphatic carbocycles. The van der Waals surface area contributed by atoms with Crippen LogP contribution < -0.4 is 14.7 Å². The first kappa shape index (κ1) is 17.1. The van der Waals surface area contributed by atoms with Crippen LogP contribution in [-0.2, 0) is 5.41 Å². The smallest absolute Gasteiger partial charge is 0.269 e. The van der Waals surface area contributed by atoms with E-state index in [2.05, 4.69) is 0 Å². The van der Waals surface area contributed by atoms with Crippen molar-refractivity contribution in [3.05, 3.63) is 69.3 Å². The SMILES string of the molecule is CN1c2ccc([N+](=O)[O-])cc2C(C)(C)[C@@]12C=Cc1cc(C(=O)[O-])ccc1O2. The molecule has 0 unspecified atom stereocenters. The maximum atomic E-state index is 11.2. The first-order chi connectivity index (χ1) is 12.7. The summed E-state index contributed by atoms with van der Waals surface area (Å²) >= 11 is 0. The summed E-state index contributed by atoms with van der Waals surface area (Å²) in [6.07, 6.45) is 3.70. The molecule has 7 heteroatoms. The van der Waals surface area contributed by atoms with Crippen molar-refractivity contribution < 1.29 is 19.6 Å². The van der Waals surface area contributed by atoms with E-state index in [0.29, 0.717) is 11.3 Å². The van der Waals surface area contributed by atoms with Gasteiger partial charge in [0.15, 0.2) is 0 Å². The van der Waals surface area contributed by atoms with Gasteiger partial charge in [-0.15, -0.1) is 0 Å². The van der Waals surface area contributed by atoms with Crippen molar-refractivity contribution >= 4 is 23.4 Å². The van der Waals surface area contributed by atoms with E-state index in [-0.39, 0.29) is 11.3 Å². The van der Waals surface area contributed by atoms with Gasteiger partial charge in [-0.1, -0.05) is 0 Å². The Morgan fingerprint density at radius 1 is 1.19 bits per heavy atom. The number of carbonyl (C=O) groups excluding carboxylic acids is 1. The number of hydrogen-bond acceptors (Lipinski definition) is 6. The molecule has 2 heterocycles. The van der Waals surface area contributed by atoms with E-state index in [1.54, 1.807) is 18.2 Å². The number of nitrogens with zero attached hydrogens (tertiary/aromatic N) is 2. The molecular formula is C20H17N2O5-. The highest BCUT2D eigenvalue weighted by molar-refractivity contribution is 5.87. The fraction of sp³-hybridized carbons (Fsp3) is 0.250. The number of ether oxygens (including phenoxy) is 1. The van der Waals surface area contributed by atoms with Crippen LogP contribution in [0.25, 0.3) is 6.08 Å². The van der Waals surface area contributed by atoms with Crippen LogP contribution in [0.15, 0.2) is 42.5 Å². The highest BCUT2D eigenvalue weighted by Gasteiger charge is 2.58. The summed E-state index contributed by atoms with van der Waals surface area (Å²) in [5.74, 6) is -0.700. The number of hydrogen-bond donors (Lipinski definition) is 0. The number of non-ortho nitro benzene ring substituents is 1. The van der Waals surface area contributed by atoms with E-state index in [1.807, 2.05) is 37.9 Å². The van der Waals surface area contributed by atoms with E-state index >= 15 is 0 Å². The molecule has 2 aliphatic heterocycles. The molecule has 2 aliphatic rings. The molecule has 2 aromatic carbocycles. The largest absolute Gasteiger partial charge is 0.545 e. The third-order valence-corrected chi connectivity index (χ3v) is 5.62. The van der Waals surface area contributed by atoms with Crippen molar-refractivity contribution in [1.29, 1.82) is 0 Å². The number of nitro benzene ring substituents is 1. The molecule has 0 N–H and O–H groups in total. The van der Waals surface area contributed by atoms with E-state index < -0.39 is 22.0 Å². The van der Waals surface area contributed by atoms with Gasteiger partial charge in [-0.2, -0.15) is 0 Å². The minimum atomic E-state index is -1.25. The van der Waals surface area contributed by atoms with E-state index in [9.17, 15) is 20.0 Å². The number of carbonyl (C=O) groups is 1. The van der Waals surface area contributed by atoms with Gasteiger partial charge in [0.25, 0.3) is 5.69 Å². The second kappa shape index (κ2) is 5.33. The molecule has 0 fully saturated rings. The lowest BCUT2D eigenvalue weighted by Gasteiger charge is -2.45. The topological polar surface area (TPSA) is 95.7 Å². The minimum Gasteiger partial charge on any atom is -0.545 e. The van der Waals surface area contributed by atoms with E-state index in [0.717, 1.165) is 11.3 Å². The summed E-state index contributed by atoms with van der Waals surface area (Å²) < 4.78 is 6.38. The van der Waals surface area contributed by atoms with E-state index in [4.69, 9.17) is 4.74 Å². The molecule has 1 spiro atoms. The molecule has 0 bridgehead atoms. The zero-order valence-electron chi connectivity index (χ0n) is 15.1. The number of carboxylic acids is 1. The Bertz CT molecular complexity index is 1030. The lowest BCUT2D eigenvalue weighted by atomic mass is 9.76. The highest BCUT2D eigenvalue weighted by Crippen LogP contribution is 2.54. The molecule has 0 saturated heterocycles. The van der Waals surface area contributed by atoms with Crippen molar-refractivity contribution in [3.63, 3.8) is 0 Å². The number of anilines is 1. The molecule has 0 amide bonds. The number of aromatic carboxylic acids is 1. The first-order valence-corrected chi connectivity index (χ1v) is 8.44. The van der Waals surface area contributed by atoms with Crippen LogP contribution in [0.2, 0.25) is 0 Å². The Kier molecular flexibility index (Phi) is 3.37. The number of rotatable bonds is 2. The summed E-state index contributed by atoms with van der Waals surface area (Å²) in [5.41, 5.74) is 0.948. The number of likely N-dealkylation sites (N-methyl/N-ethyl adjacent to an activating group) is 1. The van der Waals surface area contributed by atoms with Crippen LogP contribution in [0.1, 0.15) is 35.3 Å². The van der Waals surface area contributed by atoms with Gasteiger partial charge >= 0.3 is 0 Å². The predicted molar refractivity (Wildman–Crippen MR) is 97.7 cm³/mol. The fourth-order valence-electron chi connectivity index (χ4n) is 4.04. The van der Waals surface area contributed by atoms with Gasteiger partial charge in [0.05, 0.1) is 16.3 Å². The van der Waals surface area contributed by atoms with Crippen LogP contribution in [0.3, 0.4) is 0 Å². The second-order valence-corrected chi connectivity index (χ2v) is 7.31. The number of fused-ring (bicyclic) bond motifs is 2. The lowest BCUT2D eigenvalue weighted by Crippen LogP contribution is -2.58. The zero-order valence-corrected chi connectivity index (χ0v) is 15.1. The normalized spacial score (nSPS) is 21.5. The summed E-state index contributed by atoms with van der Waals surface area (Å²) in [6.45, 7) is 3.95. The fourth-order valence-corrected chi connectivity index (χ4v) is 4.04. The predicted octanol–water partition coefficient (Wildman–Crippen LogP) is 2.49. The number of nitro groups is 1. The molecular weight excluding hydrogens is 348 g/mol. The molecule has 1 atom stereocenters. The lowest BCUT2D eigenvalue weighted by molar-refractivity contribution is -0.384. The van der Waals surface area contributed by atoms with Crippen molar-refractivity contribution in [3.8, 4) is 5.75 Å². The number of carboxylic acid groups (broad SMARTS) is 1. The van der Waals surface area contributed by atoms with Crippen molar-refractivity contribution in [2.24, 2.45) is 0 Å². The quantitative estimate of drug-likeness (QED) is 0.599. The van der Waals surface area contributed by atoms with Crippen LogP contribution in [0, 0.1) is 10.1 Å². The van der Waals surface area contributed by atoms with Gasteiger partial charge in [0.2, 0.25) is 5.72 Å². The van der Waals surface area contributed by atoms with Gasteiger partial charge in [-0.05, 0) is 61.4 Å². The van der Waals surface area contributed by atoms with Crippen molar-refractivity contribution in [2.45, 2.75) is 25.0 Å². The minimum absolute atomic E-state index is 0.0334. The Morgan fingerprint density at radius 3 is 2.59 bits per heavy atom. The Morgan fingerprint density at radius 2 is 1.93 bits per heavy atom. The summed E-state index contributed by atoms with van der Waals surface area (Å²) in [6, 6.07) is 9.37. The van der Waals surface area contributed by atoms with Gasteiger partial charge < -0.3 is 19.5 Å². The molecule has 0 saturated carbocycles. The average molecular weight is 365 g/mol. The molecule has 0 radical (unpaired) electrons. The van der Waals surface area contributed by atoms with Crippen molar-refractivity contribution in [2.75, 3.05) is 11.9 Å². The monoisotopic (exact) mass is 365 g/mol. The molecule has 2 aromatic rings. The Hall–Kier alpha value is -3.35. The van der Waals surface area contributed by atoms with Gasteiger partial charge in [-0.3, -0.25) is 10.1 Å². The summed E-state index contributed by atoms with van der Waals surface area (Å²) in [5, 5.41) is 22.3. The van der Waals surface area contributed by atoms with Crippen LogP contribution in [-0.4, -0.2) is 23.7 Å². The zero-order chi connectivity index (χ0) is 19.6. The van der Waals surface area contributed by atoms with Crippen LogP contribution in [0.4, 0.5) is 11.4 Å². The molecule has 0 aromatic heterocycles. The van der Waals surface area contributed by atoms with Crippen LogP contribution >= 0.6 is 0 Å². The Balaban J connectivity index is 1.83. The van der Waals surface area contributed by atoms with Crippen LogP contribution in [0.5, 0.6) is 5.75 Å². The third-order valence-electron chi connectivity index (χ3n) is 5.62. The van der Waals surface area contributed by atoms with Gasteiger partial charge in [-0.25, -0.2) is 0 Å². The maximum Gasteiger partial charge on any atom is 0.269 e. The average Bonchev–Trinajstić information content (AvgIpc) is 2.79. The van der Waals surface area contributed by atoms with Gasteiger partial charge in [0.1, 0.15) is 5.75 Å². The molecule has 138 valence electrons. The van der Waals surface area contributed by atoms with E-state index in [1.165, 1.54) is 18.2 Å². The summed E-state index contributed by atoms with van der Waals surface area (Å²) in [7, 11) is 1.88. The Labute approximate surface area is 155 Å². The third kappa shape index (κ3) is 2.17. The maximum absolute atomic E-state index is 11.2. The van der Waals surface area contributed by atoms with Gasteiger partial charge in [0, 0.05) is 30.4 Å². The summed E-state index contributed by atoms with van der Waals surface area (Å²) in [4.78, 5) is 23.8. The van der Waals surface area contributed by atoms with Crippen molar-refractivity contribution in [1.82, 2.24) is 0 Å². The number of benzene rings is 2. The highest BCUT2D eigenvalue weighted by atomic mass is 16.6. The molecule has 7 nitrogen and oxygen atoms in total. The second-order valence-electron chi connectivity index (χ2n) is 7.31. The standard InChI is InChI=1S/C20H18N2O5/c1-19(2)15-11-14(22(25)26)5-6-16(15)21(3)20(19)9-8-12-10-13(18(23)24)4-7-17(12)27-20/h4-11H,1-3H3,(H,23,24)/p-1/t20-/m0/s1. The first-order valence-electron chi connectivity index (χ1n) is 8.44. The molecule has 27 heavy (non-hydrogen) atoms.